The summed E-state index contributed by atoms with van der Waals surface area (Å²) < 4.78 is 9.76. The van der Waals surface area contributed by atoms with Crippen molar-refractivity contribution in [1.82, 2.24) is 0 Å². The first-order valence-corrected chi connectivity index (χ1v) is 5.83. The Kier molecular flexibility index (Phi) is 4.05. The van der Waals surface area contributed by atoms with Gasteiger partial charge in [-0.3, -0.25) is 0 Å². The van der Waals surface area contributed by atoms with Gasteiger partial charge in [0.15, 0.2) is 0 Å². The number of furan rings is 1. The predicted molar refractivity (Wildman–Crippen MR) is 70.8 cm³/mol. The number of carbonyl (C=O) groups excluding carboxylic acids is 1. The second-order valence-electron chi connectivity index (χ2n) is 4.00. The van der Waals surface area contributed by atoms with E-state index in [1.807, 2.05) is 0 Å². The van der Waals surface area contributed by atoms with Crippen LogP contribution in [0, 0.1) is 0 Å². The molecule has 2 N–H and O–H groups in total. The molecule has 6 heteroatoms. The van der Waals surface area contributed by atoms with Gasteiger partial charge in [-0.1, -0.05) is 12.1 Å². The van der Waals surface area contributed by atoms with Crippen molar-refractivity contribution in [3.05, 3.63) is 53.5 Å². The lowest BCUT2D eigenvalue weighted by atomic mass is 10.2. The first-order valence-electron chi connectivity index (χ1n) is 5.83. The van der Waals surface area contributed by atoms with E-state index in [0.717, 1.165) is 0 Å². The van der Waals surface area contributed by atoms with Crippen LogP contribution in [0.3, 0.4) is 0 Å². The Hall–Kier alpha value is -2.76. The summed E-state index contributed by atoms with van der Waals surface area (Å²) in [5, 5.41) is 12.0. The van der Waals surface area contributed by atoms with Crippen LogP contribution >= 0.6 is 0 Å². The van der Waals surface area contributed by atoms with Crippen LogP contribution in [-0.4, -0.2) is 24.2 Å². The van der Waals surface area contributed by atoms with Gasteiger partial charge in [-0.25, -0.2) is 9.59 Å². The molecule has 0 atom stereocenters. The van der Waals surface area contributed by atoms with E-state index in [1.54, 1.807) is 24.3 Å². The number of carboxylic acid groups (broad SMARTS) is 1. The van der Waals surface area contributed by atoms with E-state index < -0.39 is 11.9 Å². The Balaban J connectivity index is 2.07. The van der Waals surface area contributed by atoms with E-state index in [2.05, 4.69) is 10.1 Å². The largest absolute Gasteiger partial charge is 0.478 e. The third kappa shape index (κ3) is 2.97. The molecular weight excluding hydrogens is 262 g/mol. The van der Waals surface area contributed by atoms with Gasteiger partial charge in [-0.2, -0.15) is 0 Å². The molecule has 2 aromatic rings. The zero-order valence-corrected chi connectivity index (χ0v) is 10.8. The van der Waals surface area contributed by atoms with E-state index in [1.165, 1.54) is 19.4 Å². The van der Waals surface area contributed by atoms with Crippen molar-refractivity contribution >= 4 is 17.6 Å². The molecule has 0 aliphatic carbocycles. The molecule has 0 aliphatic rings. The molecule has 1 heterocycles. The zero-order valence-electron chi connectivity index (χ0n) is 10.8. The molecule has 0 saturated heterocycles. The summed E-state index contributed by atoms with van der Waals surface area (Å²) in [6, 6.07) is 8.09. The van der Waals surface area contributed by atoms with Crippen LogP contribution < -0.4 is 5.32 Å². The van der Waals surface area contributed by atoms with Gasteiger partial charge in [0.2, 0.25) is 0 Å². The number of carbonyl (C=O) groups is 2. The van der Waals surface area contributed by atoms with Crippen LogP contribution in [0.5, 0.6) is 0 Å². The minimum absolute atomic E-state index is 0.173. The van der Waals surface area contributed by atoms with Gasteiger partial charge in [-0.15, -0.1) is 0 Å². The Morgan fingerprint density at radius 2 is 2.10 bits per heavy atom. The van der Waals surface area contributed by atoms with Gasteiger partial charge in [0.05, 0.1) is 24.8 Å². The molecule has 0 fully saturated rings. The van der Waals surface area contributed by atoms with Crippen molar-refractivity contribution in [2.75, 3.05) is 12.4 Å². The van der Waals surface area contributed by atoms with Crippen molar-refractivity contribution in [2.45, 2.75) is 6.54 Å². The van der Waals surface area contributed by atoms with Gasteiger partial charge < -0.3 is 19.6 Å². The van der Waals surface area contributed by atoms with Crippen molar-refractivity contribution in [2.24, 2.45) is 0 Å². The molecule has 0 aliphatic heterocycles. The molecule has 0 radical (unpaired) electrons. The summed E-state index contributed by atoms with van der Waals surface area (Å²) in [5.74, 6) is -0.987. The van der Waals surface area contributed by atoms with Crippen molar-refractivity contribution in [3.8, 4) is 0 Å². The second-order valence-corrected chi connectivity index (χ2v) is 4.00. The summed E-state index contributed by atoms with van der Waals surface area (Å²) >= 11 is 0. The maximum absolute atomic E-state index is 11.3. The first-order chi connectivity index (χ1) is 9.61. The molecule has 2 rings (SSSR count). The molecule has 1 aromatic heterocycles. The van der Waals surface area contributed by atoms with E-state index in [-0.39, 0.29) is 12.1 Å². The van der Waals surface area contributed by atoms with Gasteiger partial charge in [0.25, 0.3) is 0 Å². The number of carboxylic acids is 1. The number of ether oxygens (including phenoxy) is 1. The number of anilines is 1. The summed E-state index contributed by atoms with van der Waals surface area (Å²) in [4.78, 5) is 22.3. The SMILES string of the molecule is COC(=O)c1coc(CNc2ccccc2C(=O)O)c1. The summed E-state index contributed by atoms with van der Waals surface area (Å²) in [6.07, 6.45) is 1.30. The van der Waals surface area contributed by atoms with Crippen LogP contribution in [0.25, 0.3) is 0 Å². The molecule has 0 amide bonds. The van der Waals surface area contributed by atoms with Gasteiger partial charge in [-0.05, 0) is 18.2 Å². The average molecular weight is 275 g/mol. The number of hydrogen-bond donors (Lipinski definition) is 2. The Morgan fingerprint density at radius 3 is 2.80 bits per heavy atom. The van der Waals surface area contributed by atoms with Crippen LogP contribution in [0.2, 0.25) is 0 Å². The molecule has 0 spiro atoms. The maximum Gasteiger partial charge on any atom is 0.341 e. The smallest absolute Gasteiger partial charge is 0.341 e. The number of benzene rings is 1. The standard InChI is InChI=1S/C14H13NO5/c1-19-14(18)9-6-10(20-8-9)7-15-12-5-3-2-4-11(12)13(16)17/h2-6,8,15H,7H2,1H3,(H,16,17). The minimum atomic E-state index is -1.01. The Bertz CT molecular complexity index is 632. The van der Waals surface area contributed by atoms with Crippen LogP contribution in [-0.2, 0) is 11.3 Å². The van der Waals surface area contributed by atoms with Crippen molar-refractivity contribution in [3.63, 3.8) is 0 Å². The van der Waals surface area contributed by atoms with E-state index in [0.29, 0.717) is 17.0 Å². The molecule has 20 heavy (non-hydrogen) atoms. The van der Waals surface area contributed by atoms with Crippen LogP contribution in [0.1, 0.15) is 26.5 Å². The lowest BCUT2D eigenvalue weighted by Gasteiger charge is -2.07. The van der Waals surface area contributed by atoms with Crippen LogP contribution in [0.4, 0.5) is 5.69 Å². The monoisotopic (exact) mass is 275 g/mol. The third-order valence-corrected chi connectivity index (χ3v) is 2.69. The number of methoxy groups -OCH3 is 1. The van der Waals surface area contributed by atoms with Crippen LogP contribution in [0.15, 0.2) is 41.0 Å². The number of hydrogen-bond acceptors (Lipinski definition) is 5. The predicted octanol–water partition coefficient (Wildman–Crippen LogP) is 2.38. The molecule has 1 aromatic carbocycles. The molecule has 0 unspecified atom stereocenters. The Labute approximate surface area is 115 Å². The highest BCUT2D eigenvalue weighted by molar-refractivity contribution is 5.94. The normalized spacial score (nSPS) is 10.1. The topological polar surface area (TPSA) is 88.8 Å². The molecule has 6 nitrogen and oxygen atoms in total. The summed E-state index contributed by atoms with van der Waals surface area (Å²) in [7, 11) is 1.29. The molecule has 0 bridgehead atoms. The summed E-state index contributed by atoms with van der Waals surface area (Å²) in [5.41, 5.74) is 0.971. The van der Waals surface area contributed by atoms with E-state index in [9.17, 15) is 9.59 Å². The van der Waals surface area contributed by atoms with Gasteiger partial charge >= 0.3 is 11.9 Å². The summed E-state index contributed by atoms with van der Waals surface area (Å²) in [6.45, 7) is 0.265. The lowest BCUT2D eigenvalue weighted by molar-refractivity contribution is 0.0599. The Morgan fingerprint density at radius 1 is 1.35 bits per heavy atom. The van der Waals surface area contributed by atoms with Crippen molar-refractivity contribution in [1.29, 1.82) is 0 Å². The fourth-order valence-corrected chi connectivity index (χ4v) is 1.70. The maximum atomic E-state index is 11.3. The molecular formula is C14H13NO5. The molecule has 0 saturated carbocycles. The number of para-hydroxylation sites is 1. The number of rotatable bonds is 5. The quantitative estimate of drug-likeness (QED) is 0.814. The molecule has 104 valence electrons. The fraction of sp³-hybridized carbons (Fsp3) is 0.143. The van der Waals surface area contributed by atoms with Gasteiger partial charge in [0, 0.05) is 5.69 Å². The highest BCUT2D eigenvalue weighted by Gasteiger charge is 2.12. The van der Waals surface area contributed by atoms with E-state index >= 15 is 0 Å². The zero-order chi connectivity index (χ0) is 14.5. The third-order valence-electron chi connectivity index (χ3n) is 2.69. The number of esters is 1. The first kappa shape index (κ1) is 13.7. The fourth-order valence-electron chi connectivity index (χ4n) is 1.70. The highest BCUT2D eigenvalue weighted by atomic mass is 16.5. The van der Waals surface area contributed by atoms with E-state index in [4.69, 9.17) is 9.52 Å². The highest BCUT2D eigenvalue weighted by Crippen LogP contribution is 2.17. The number of aromatic carboxylic acids is 1. The van der Waals surface area contributed by atoms with Gasteiger partial charge in [0.1, 0.15) is 12.0 Å². The van der Waals surface area contributed by atoms with Crippen molar-refractivity contribution < 1.29 is 23.8 Å². The second kappa shape index (κ2) is 5.92. The average Bonchev–Trinajstić information content (AvgIpc) is 2.93. The number of nitrogens with one attached hydrogen (secondary N) is 1. The minimum Gasteiger partial charge on any atom is -0.478 e. The lowest BCUT2D eigenvalue weighted by Crippen LogP contribution is -2.05.